The second-order valence-electron chi connectivity index (χ2n) is 4.68. The van der Waals surface area contributed by atoms with E-state index in [2.05, 4.69) is 37.7 Å². The first-order valence-corrected chi connectivity index (χ1v) is 8.27. The quantitative estimate of drug-likeness (QED) is 0.327. The molecule has 1 heterocycles. The monoisotopic (exact) mass is 406 g/mol. The zero-order chi connectivity index (χ0) is 19.8. The topological polar surface area (TPSA) is 78.6 Å². The molecule has 0 bridgehead atoms. The highest BCUT2D eigenvalue weighted by Gasteiger charge is 2.20. The standard InChI is InChI=1S/C9H14N.2F3NO2S/c1-9(2,3)10-7-5-4-6-8-10;2*1-4(2)7(3,5)6/h4-8H,1-3H3;;/q+1;;. The maximum absolute atomic E-state index is 10.7. The van der Waals surface area contributed by atoms with Crippen LogP contribution in [0.1, 0.15) is 20.8 Å². The number of aromatic nitrogens is 1. The maximum atomic E-state index is 10.7. The molecule has 0 saturated carbocycles. The molecule has 0 spiro atoms. The Kier molecular flexibility index (Phi) is 10.1. The molecule has 0 N–H and O–H groups in total. The Balaban J connectivity index is 0. The first kappa shape index (κ1) is 24.8. The van der Waals surface area contributed by atoms with Crippen LogP contribution >= 0.6 is 0 Å². The lowest BCUT2D eigenvalue weighted by Crippen LogP contribution is -2.49. The van der Waals surface area contributed by atoms with Crippen LogP contribution in [-0.4, -0.2) is 26.3 Å². The van der Waals surface area contributed by atoms with Gasteiger partial charge in [0, 0.05) is 32.9 Å². The van der Waals surface area contributed by atoms with Gasteiger partial charge in [-0.05, 0) is 0 Å². The molecule has 0 aromatic carbocycles. The summed E-state index contributed by atoms with van der Waals surface area (Å²) in [7, 11) is -11.5. The summed E-state index contributed by atoms with van der Waals surface area (Å²) in [5, 5.41) is 0. The van der Waals surface area contributed by atoms with Gasteiger partial charge in [-0.2, -0.15) is 16.8 Å². The van der Waals surface area contributed by atoms with Crippen molar-refractivity contribution in [2.45, 2.75) is 26.3 Å². The molecule has 7 nitrogen and oxygen atoms in total. The smallest absolute Gasteiger partial charge is 0.201 e. The van der Waals surface area contributed by atoms with Crippen molar-refractivity contribution in [1.29, 1.82) is 0 Å². The molecule has 0 unspecified atom stereocenters. The highest BCUT2D eigenvalue weighted by atomic mass is 32.3. The van der Waals surface area contributed by atoms with E-state index in [4.69, 9.17) is 16.8 Å². The minimum absolute atomic E-state index is 0.210. The zero-order valence-electron chi connectivity index (χ0n) is 12.4. The fourth-order valence-electron chi connectivity index (χ4n) is 0.846. The molecule has 1 aromatic heterocycles. The van der Waals surface area contributed by atoms with E-state index in [1.807, 2.05) is 18.2 Å². The van der Waals surface area contributed by atoms with E-state index < -0.39 is 30.3 Å². The second kappa shape index (κ2) is 9.75. The molecule has 0 radical (unpaired) electrons. The number of halogens is 6. The van der Waals surface area contributed by atoms with Crippen LogP contribution in [0.2, 0.25) is 0 Å². The van der Waals surface area contributed by atoms with Gasteiger partial charge in [0.2, 0.25) is 0 Å². The number of nitrogens with zero attached hydrogens (tertiary/aromatic N) is 3. The third-order valence-electron chi connectivity index (χ3n) is 1.82. The van der Waals surface area contributed by atoms with Crippen molar-refractivity contribution in [3.8, 4) is 0 Å². The maximum Gasteiger partial charge on any atom is 0.430 e. The van der Waals surface area contributed by atoms with Gasteiger partial charge in [-0.3, -0.25) is 0 Å². The molecule has 1 rings (SSSR count). The van der Waals surface area contributed by atoms with Crippen LogP contribution in [0.4, 0.5) is 25.7 Å². The van der Waals surface area contributed by atoms with Crippen molar-refractivity contribution in [2.75, 3.05) is 0 Å². The SMILES string of the molecule is CC(C)(C)[n+]1ccccc1.O=S(=O)(F)N(F)F.O=S(=O)(F)N(F)F. The fourth-order valence-corrected chi connectivity index (χ4v) is 0.846. The van der Waals surface area contributed by atoms with E-state index in [0.29, 0.717) is 0 Å². The summed E-state index contributed by atoms with van der Waals surface area (Å²) < 4.78 is 95.5. The summed E-state index contributed by atoms with van der Waals surface area (Å²) in [5.41, 5.74) is 0.210. The Bertz CT molecular complexity index is 641. The van der Waals surface area contributed by atoms with Crippen LogP contribution in [0, 0.1) is 0 Å². The van der Waals surface area contributed by atoms with Gasteiger partial charge in [0.15, 0.2) is 27.4 Å². The van der Waals surface area contributed by atoms with E-state index in [9.17, 15) is 25.7 Å². The van der Waals surface area contributed by atoms with E-state index in [-0.39, 0.29) is 5.54 Å². The van der Waals surface area contributed by atoms with Crippen molar-refractivity contribution in [3.05, 3.63) is 30.6 Å². The van der Waals surface area contributed by atoms with Crippen molar-refractivity contribution in [3.63, 3.8) is 0 Å². The van der Waals surface area contributed by atoms with Crippen molar-refractivity contribution >= 4 is 20.8 Å². The number of pyridine rings is 1. The first-order chi connectivity index (χ1) is 10.5. The lowest BCUT2D eigenvalue weighted by Gasteiger charge is -2.11. The average Bonchev–Trinajstić information content (AvgIpc) is 2.38. The Morgan fingerprint density at radius 2 is 1.00 bits per heavy atom. The van der Waals surface area contributed by atoms with E-state index in [1.54, 1.807) is 0 Å². The summed E-state index contributed by atoms with van der Waals surface area (Å²) in [6, 6.07) is 6.12. The summed E-state index contributed by atoms with van der Waals surface area (Å²) in [6.07, 6.45) is 4.17. The molecule has 0 aliphatic heterocycles. The molecule has 15 heteroatoms. The van der Waals surface area contributed by atoms with Crippen molar-refractivity contribution in [2.24, 2.45) is 0 Å². The Morgan fingerprint density at radius 1 is 0.750 bits per heavy atom. The van der Waals surface area contributed by atoms with Gasteiger partial charge in [-0.15, -0.1) is 0 Å². The molecule has 0 saturated heterocycles. The molecule has 0 aliphatic carbocycles. The first-order valence-electron chi connectivity index (χ1n) is 5.59. The lowest BCUT2D eigenvalue weighted by molar-refractivity contribution is -0.754. The summed E-state index contributed by atoms with van der Waals surface area (Å²) >= 11 is 0. The summed E-state index contributed by atoms with van der Waals surface area (Å²) in [5.74, 6) is 0. The van der Waals surface area contributed by atoms with Crippen LogP contribution in [-0.2, 0) is 26.4 Å². The number of hydrogen-bond acceptors (Lipinski definition) is 4. The van der Waals surface area contributed by atoms with Gasteiger partial charge in [0.25, 0.3) is 0 Å². The third kappa shape index (κ3) is 13.0. The van der Waals surface area contributed by atoms with Gasteiger partial charge in [0.05, 0.1) is 0 Å². The Hall–Kier alpha value is -1.45. The van der Waals surface area contributed by atoms with Crippen LogP contribution in [0.5, 0.6) is 0 Å². The molecule has 0 atom stereocenters. The third-order valence-corrected chi connectivity index (χ3v) is 2.48. The second-order valence-corrected chi connectivity index (χ2v) is 6.88. The van der Waals surface area contributed by atoms with Crippen molar-refractivity contribution < 1.29 is 47.1 Å². The number of hydrogen-bond donors (Lipinski definition) is 0. The van der Waals surface area contributed by atoms with Crippen molar-refractivity contribution in [1.82, 2.24) is 9.50 Å². The summed E-state index contributed by atoms with van der Waals surface area (Å²) in [4.78, 5) is 0. The Labute approximate surface area is 135 Å². The van der Waals surface area contributed by atoms with Crippen LogP contribution in [0.15, 0.2) is 30.6 Å². The molecule has 0 fully saturated rings. The van der Waals surface area contributed by atoms with Gasteiger partial charge in [0.1, 0.15) is 0 Å². The van der Waals surface area contributed by atoms with Crippen LogP contribution in [0.3, 0.4) is 0 Å². The van der Waals surface area contributed by atoms with Gasteiger partial charge < -0.3 is 0 Å². The molecule has 0 aliphatic rings. The number of rotatable bonds is 2. The van der Waals surface area contributed by atoms with Gasteiger partial charge in [-0.1, -0.05) is 31.8 Å². The van der Waals surface area contributed by atoms with E-state index >= 15 is 0 Å². The fraction of sp³-hybridized carbons (Fsp3) is 0.444. The molecule has 142 valence electrons. The molecular weight excluding hydrogens is 392 g/mol. The average molecular weight is 406 g/mol. The largest absolute Gasteiger partial charge is 0.430 e. The zero-order valence-corrected chi connectivity index (χ0v) is 14.1. The Morgan fingerprint density at radius 3 is 1.12 bits per heavy atom. The molecule has 0 amide bonds. The molecule has 1 aromatic rings. The predicted octanol–water partition coefficient (Wildman–Crippen LogP) is 2.27. The van der Waals surface area contributed by atoms with E-state index in [0.717, 1.165) is 0 Å². The normalized spacial score (nSPS) is 12.1. The predicted molar refractivity (Wildman–Crippen MR) is 69.8 cm³/mol. The highest BCUT2D eigenvalue weighted by Crippen LogP contribution is 2.02. The minimum atomic E-state index is -5.74. The van der Waals surface area contributed by atoms with E-state index in [1.165, 1.54) is 0 Å². The summed E-state index contributed by atoms with van der Waals surface area (Å²) in [6.45, 7) is 6.56. The van der Waals surface area contributed by atoms with Crippen LogP contribution in [0.25, 0.3) is 0 Å². The highest BCUT2D eigenvalue weighted by molar-refractivity contribution is 7.83. The molecule has 24 heavy (non-hydrogen) atoms. The van der Waals surface area contributed by atoms with Crippen LogP contribution < -0.4 is 4.57 Å². The van der Waals surface area contributed by atoms with Gasteiger partial charge >= 0.3 is 20.8 Å². The molecular formula is C9H14F6N3O4S2+. The lowest BCUT2D eigenvalue weighted by atomic mass is 10.1. The van der Waals surface area contributed by atoms with Gasteiger partial charge in [-0.25, -0.2) is 4.57 Å². The minimum Gasteiger partial charge on any atom is -0.201 e.